The molecule has 8 heteroatoms. The number of rotatable bonds is 5. The number of carbonyl (C=O) groups excluding carboxylic acids is 1. The van der Waals surface area contributed by atoms with Crippen molar-refractivity contribution < 1.29 is 9.21 Å². The molecule has 0 aromatic carbocycles. The fourth-order valence-electron chi connectivity index (χ4n) is 3.18. The van der Waals surface area contributed by atoms with Crippen LogP contribution in [0.15, 0.2) is 33.7 Å². The molecule has 0 spiro atoms. The fraction of sp³-hybridized carbons (Fsp3) is 0.421. The summed E-state index contributed by atoms with van der Waals surface area (Å²) in [5.41, 5.74) is -0.109. The van der Waals surface area contributed by atoms with E-state index in [4.69, 9.17) is 4.42 Å². The van der Waals surface area contributed by atoms with Gasteiger partial charge in [0.15, 0.2) is 5.58 Å². The standard InChI is InChI=1S/C19H21N5O3/c1-4-12-10-13-15(27-12)14(11(2)3)23-24(16(13)25)19(6-7-19)17(26)22-18-20-8-5-9-21-18/h5,8-11H,4,6-7H2,1-3H3,(H,20,21,22,26). The van der Waals surface area contributed by atoms with Gasteiger partial charge in [-0.3, -0.25) is 14.9 Å². The van der Waals surface area contributed by atoms with E-state index in [1.54, 1.807) is 24.5 Å². The molecule has 3 aromatic rings. The Balaban J connectivity index is 1.82. The lowest BCUT2D eigenvalue weighted by Crippen LogP contribution is -2.42. The molecule has 3 heterocycles. The predicted molar refractivity (Wildman–Crippen MR) is 99.6 cm³/mol. The number of amides is 1. The van der Waals surface area contributed by atoms with Crippen molar-refractivity contribution in [1.29, 1.82) is 0 Å². The smallest absolute Gasteiger partial charge is 0.278 e. The SMILES string of the molecule is CCc1cc2c(=O)n(C3(C(=O)Nc4ncccn4)CC3)nc(C(C)C)c2o1. The third kappa shape index (κ3) is 2.81. The Hall–Kier alpha value is -3.03. The van der Waals surface area contributed by atoms with Crippen molar-refractivity contribution in [3.05, 3.63) is 46.3 Å². The highest BCUT2D eigenvalue weighted by molar-refractivity contribution is 5.97. The number of aryl methyl sites for hydroxylation is 1. The third-order valence-electron chi connectivity index (χ3n) is 4.88. The topological polar surface area (TPSA) is 103 Å². The minimum atomic E-state index is -1.00. The zero-order chi connectivity index (χ0) is 19.2. The van der Waals surface area contributed by atoms with E-state index in [0.29, 0.717) is 35.9 Å². The number of hydrogen-bond acceptors (Lipinski definition) is 6. The molecular formula is C19H21N5O3. The van der Waals surface area contributed by atoms with Crippen molar-refractivity contribution >= 4 is 22.8 Å². The quantitative estimate of drug-likeness (QED) is 0.743. The van der Waals surface area contributed by atoms with Crippen molar-refractivity contribution in [3.8, 4) is 0 Å². The molecule has 1 N–H and O–H groups in total. The van der Waals surface area contributed by atoms with Crippen LogP contribution >= 0.6 is 0 Å². The first-order valence-electron chi connectivity index (χ1n) is 9.11. The van der Waals surface area contributed by atoms with Gasteiger partial charge in [-0.15, -0.1) is 0 Å². The zero-order valence-corrected chi connectivity index (χ0v) is 15.5. The summed E-state index contributed by atoms with van der Waals surface area (Å²) in [7, 11) is 0. The highest BCUT2D eigenvalue weighted by Crippen LogP contribution is 2.43. The molecule has 1 fully saturated rings. The highest BCUT2D eigenvalue weighted by Gasteiger charge is 2.54. The summed E-state index contributed by atoms with van der Waals surface area (Å²) in [5.74, 6) is 0.669. The lowest BCUT2D eigenvalue weighted by Gasteiger charge is -2.18. The Labute approximate surface area is 155 Å². The maximum atomic E-state index is 13.1. The van der Waals surface area contributed by atoms with E-state index < -0.39 is 5.54 Å². The van der Waals surface area contributed by atoms with Crippen LogP contribution in [0.25, 0.3) is 11.0 Å². The lowest BCUT2D eigenvalue weighted by molar-refractivity contribution is -0.121. The van der Waals surface area contributed by atoms with E-state index in [0.717, 1.165) is 5.76 Å². The summed E-state index contributed by atoms with van der Waals surface area (Å²) in [6.45, 7) is 5.94. The molecule has 140 valence electrons. The summed E-state index contributed by atoms with van der Waals surface area (Å²) >= 11 is 0. The molecule has 4 rings (SSSR count). The first-order valence-corrected chi connectivity index (χ1v) is 9.11. The van der Waals surface area contributed by atoms with E-state index in [1.807, 2.05) is 20.8 Å². The number of anilines is 1. The molecule has 0 aliphatic heterocycles. The number of carbonyl (C=O) groups is 1. The molecule has 3 aromatic heterocycles. The average molecular weight is 367 g/mol. The van der Waals surface area contributed by atoms with Gasteiger partial charge in [0.25, 0.3) is 11.5 Å². The van der Waals surface area contributed by atoms with E-state index in [1.165, 1.54) is 4.68 Å². The first-order chi connectivity index (χ1) is 13.0. The summed E-state index contributed by atoms with van der Waals surface area (Å²) in [4.78, 5) is 34.1. The lowest BCUT2D eigenvalue weighted by atomic mass is 10.1. The molecular weight excluding hydrogens is 346 g/mol. The van der Waals surface area contributed by atoms with Crippen LogP contribution in [-0.4, -0.2) is 25.7 Å². The van der Waals surface area contributed by atoms with Gasteiger partial charge in [-0.1, -0.05) is 20.8 Å². The minimum Gasteiger partial charge on any atom is -0.459 e. The van der Waals surface area contributed by atoms with E-state index in [9.17, 15) is 9.59 Å². The van der Waals surface area contributed by atoms with Crippen molar-refractivity contribution in [1.82, 2.24) is 19.7 Å². The zero-order valence-electron chi connectivity index (χ0n) is 15.5. The molecule has 1 saturated carbocycles. The maximum absolute atomic E-state index is 13.1. The molecule has 0 radical (unpaired) electrons. The van der Waals surface area contributed by atoms with Gasteiger partial charge in [0.05, 0.1) is 5.39 Å². The molecule has 1 aliphatic carbocycles. The first kappa shape index (κ1) is 17.4. The summed E-state index contributed by atoms with van der Waals surface area (Å²) < 4.78 is 7.17. The van der Waals surface area contributed by atoms with Gasteiger partial charge in [0.1, 0.15) is 17.0 Å². The molecule has 0 unspecified atom stereocenters. The van der Waals surface area contributed by atoms with Crippen molar-refractivity contribution in [2.45, 2.75) is 51.5 Å². The summed E-state index contributed by atoms with van der Waals surface area (Å²) in [6.07, 6.45) is 4.86. The van der Waals surface area contributed by atoms with E-state index in [-0.39, 0.29) is 23.3 Å². The molecule has 0 saturated heterocycles. The average Bonchev–Trinajstić information content (AvgIpc) is 3.35. The van der Waals surface area contributed by atoms with E-state index >= 15 is 0 Å². The van der Waals surface area contributed by atoms with Crippen LogP contribution in [0.3, 0.4) is 0 Å². The molecule has 0 bridgehead atoms. The number of hydrogen-bond donors (Lipinski definition) is 1. The Kier molecular flexibility index (Phi) is 4.05. The van der Waals surface area contributed by atoms with Gasteiger partial charge in [-0.2, -0.15) is 5.10 Å². The van der Waals surface area contributed by atoms with Gasteiger partial charge in [-0.25, -0.2) is 14.6 Å². The molecule has 8 nitrogen and oxygen atoms in total. The largest absolute Gasteiger partial charge is 0.459 e. The van der Waals surface area contributed by atoms with Crippen LogP contribution in [0.5, 0.6) is 0 Å². The number of aromatic nitrogens is 4. The van der Waals surface area contributed by atoms with Crippen LogP contribution in [-0.2, 0) is 16.8 Å². The summed E-state index contributed by atoms with van der Waals surface area (Å²) in [5, 5.41) is 7.73. The molecule has 1 aliphatic rings. The number of nitrogens with one attached hydrogen (secondary N) is 1. The monoisotopic (exact) mass is 367 g/mol. The van der Waals surface area contributed by atoms with Gasteiger partial charge in [-0.05, 0) is 25.0 Å². The second-order valence-corrected chi connectivity index (χ2v) is 7.12. The van der Waals surface area contributed by atoms with Gasteiger partial charge in [0, 0.05) is 24.7 Å². The van der Waals surface area contributed by atoms with Gasteiger partial charge >= 0.3 is 0 Å². The number of fused-ring (bicyclic) bond motifs is 1. The van der Waals surface area contributed by atoms with Gasteiger partial charge in [0.2, 0.25) is 5.95 Å². The van der Waals surface area contributed by atoms with Crippen LogP contribution in [0.1, 0.15) is 51.0 Å². The van der Waals surface area contributed by atoms with Crippen LogP contribution in [0, 0.1) is 0 Å². The summed E-state index contributed by atoms with van der Waals surface area (Å²) in [6, 6.07) is 3.43. The second-order valence-electron chi connectivity index (χ2n) is 7.12. The second kappa shape index (κ2) is 6.29. The fourth-order valence-corrected chi connectivity index (χ4v) is 3.18. The maximum Gasteiger partial charge on any atom is 0.278 e. The Morgan fingerprint density at radius 2 is 2.04 bits per heavy atom. The molecule has 0 atom stereocenters. The number of nitrogens with zero attached hydrogens (tertiary/aromatic N) is 4. The highest BCUT2D eigenvalue weighted by atomic mass is 16.3. The predicted octanol–water partition coefficient (Wildman–Crippen LogP) is 2.59. The normalized spacial score (nSPS) is 15.3. The van der Waals surface area contributed by atoms with Crippen LogP contribution in [0.4, 0.5) is 5.95 Å². The van der Waals surface area contributed by atoms with Crippen LogP contribution < -0.4 is 10.9 Å². The van der Waals surface area contributed by atoms with Crippen molar-refractivity contribution in [2.24, 2.45) is 0 Å². The van der Waals surface area contributed by atoms with E-state index in [2.05, 4.69) is 20.4 Å². The Morgan fingerprint density at radius 3 is 2.63 bits per heavy atom. The number of furan rings is 1. The molecule has 1 amide bonds. The van der Waals surface area contributed by atoms with Crippen LogP contribution in [0.2, 0.25) is 0 Å². The van der Waals surface area contributed by atoms with Crippen molar-refractivity contribution in [2.75, 3.05) is 5.32 Å². The van der Waals surface area contributed by atoms with Crippen molar-refractivity contribution in [3.63, 3.8) is 0 Å². The molecule has 27 heavy (non-hydrogen) atoms. The minimum absolute atomic E-state index is 0.0477. The Morgan fingerprint density at radius 1 is 1.33 bits per heavy atom. The third-order valence-corrected chi connectivity index (χ3v) is 4.88. The van der Waals surface area contributed by atoms with Gasteiger partial charge < -0.3 is 4.42 Å². The Bertz CT molecular complexity index is 1060.